The number of fused-ring (bicyclic) bond motifs is 3. The molecule has 0 unspecified atom stereocenters. The van der Waals surface area contributed by atoms with Crippen molar-refractivity contribution in [2.24, 2.45) is 0 Å². The van der Waals surface area contributed by atoms with Crippen LogP contribution in [-0.4, -0.2) is 4.90 Å². The number of rotatable bonds is 3. The third kappa shape index (κ3) is 3.82. The minimum absolute atomic E-state index is 0.930. The molecule has 3 aromatic rings. The molecule has 3 N–H and O–H groups in total. The van der Waals surface area contributed by atoms with Crippen molar-refractivity contribution in [3.05, 3.63) is 143 Å². The number of nitrogens with zero attached hydrogens (tertiary/aromatic N) is 1. The second-order valence-corrected chi connectivity index (χ2v) is 8.21. The molecular formula is C30H24N4. The summed E-state index contributed by atoms with van der Waals surface area (Å²) in [6.07, 6.45) is 18.9. The second-order valence-electron chi connectivity index (χ2n) is 8.21. The second kappa shape index (κ2) is 8.68. The average Bonchev–Trinajstić information content (AvgIpc) is 3.30. The number of benzene rings is 3. The molecule has 0 radical (unpaired) electrons. The fourth-order valence-corrected chi connectivity index (χ4v) is 4.32. The highest BCUT2D eigenvalue weighted by molar-refractivity contribution is 5.75. The predicted molar refractivity (Wildman–Crippen MR) is 143 cm³/mol. The molecule has 0 aliphatic carbocycles. The van der Waals surface area contributed by atoms with Crippen molar-refractivity contribution in [2.75, 3.05) is 16.0 Å². The zero-order valence-corrected chi connectivity index (χ0v) is 18.6. The maximum Gasteiger partial charge on any atom is 0.117 e. The molecule has 0 saturated heterocycles. The first kappa shape index (κ1) is 19.9. The molecule has 0 fully saturated rings. The van der Waals surface area contributed by atoms with Gasteiger partial charge in [0.05, 0.1) is 0 Å². The molecule has 0 aromatic heterocycles. The van der Waals surface area contributed by atoms with E-state index in [1.807, 2.05) is 0 Å². The molecule has 0 spiro atoms. The summed E-state index contributed by atoms with van der Waals surface area (Å²) >= 11 is 0. The Hall–Kier alpha value is -4.70. The predicted octanol–water partition coefficient (Wildman–Crippen LogP) is 7.23. The Bertz CT molecular complexity index is 1260. The monoisotopic (exact) mass is 440 g/mol. The summed E-state index contributed by atoms with van der Waals surface area (Å²) in [6.45, 7) is 0. The molecule has 34 heavy (non-hydrogen) atoms. The van der Waals surface area contributed by atoms with Crippen LogP contribution in [-0.2, 0) is 0 Å². The van der Waals surface area contributed by atoms with E-state index in [-0.39, 0.29) is 0 Å². The van der Waals surface area contributed by atoms with E-state index >= 15 is 0 Å². The van der Waals surface area contributed by atoms with Crippen LogP contribution in [0.25, 0.3) is 18.2 Å². The zero-order chi connectivity index (χ0) is 22.7. The molecule has 0 atom stereocenters. The van der Waals surface area contributed by atoms with Gasteiger partial charge in [0.2, 0.25) is 0 Å². The summed E-state index contributed by atoms with van der Waals surface area (Å²) in [4.78, 5) is 2.19. The number of allylic oxidation sites excluding steroid dienone is 6. The Balaban J connectivity index is 1.45. The standard InChI is InChI=1S/C30H24N4/c1-4-16-25-22(10-1)13-7-19-28(31-25)34(29-20-8-14-23-11-2-5-17-26(23)32-29)30-21-9-15-24-12-3-6-18-27(24)33-30/h1-21,31-33H. The number of anilines is 3. The SMILES string of the molecule is C1=Cc2ccccc2NC(N(C2=CC=Cc3ccccc3N2)C2=CC=Cc3ccccc3N2)=C1. The van der Waals surface area contributed by atoms with Crippen LogP contribution in [0.5, 0.6) is 0 Å². The first-order chi connectivity index (χ1) is 16.8. The molecule has 4 nitrogen and oxygen atoms in total. The van der Waals surface area contributed by atoms with Gasteiger partial charge in [-0.25, -0.2) is 0 Å². The van der Waals surface area contributed by atoms with Crippen molar-refractivity contribution in [1.82, 2.24) is 4.90 Å². The highest BCUT2D eigenvalue weighted by Crippen LogP contribution is 2.32. The van der Waals surface area contributed by atoms with Crippen molar-refractivity contribution in [3.8, 4) is 0 Å². The third-order valence-electron chi connectivity index (χ3n) is 5.98. The van der Waals surface area contributed by atoms with Gasteiger partial charge in [0.15, 0.2) is 0 Å². The van der Waals surface area contributed by atoms with Crippen LogP contribution in [0.4, 0.5) is 17.1 Å². The molecule has 164 valence electrons. The van der Waals surface area contributed by atoms with E-state index < -0.39 is 0 Å². The van der Waals surface area contributed by atoms with Gasteiger partial charge >= 0.3 is 0 Å². The molecule has 3 heterocycles. The first-order valence-corrected chi connectivity index (χ1v) is 11.4. The lowest BCUT2D eigenvalue weighted by Gasteiger charge is -2.33. The van der Waals surface area contributed by atoms with Gasteiger partial charge in [-0.15, -0.1) is 0 Å². The number of hydrogen-bond donors (Lipinski definition) is 3. The zero-order valence-electron chi connectivity index (χ0n) is 18.6. The van der Waals surface area contributed by atoms with Crippen LogP contribution in [0.1, 0.15) is 16.7 Å². The molecule has 3 aliphatic heterocycles. The maximum absolute atomic E-state index is 3.66. The molecule has 4 heteroatoms. The quantitative estimate of drug-likeness (QED) is 0.402. The van der Waals surface area contributed by atoms with Crippen molar-refractivity contribution in [2.45, 2.75) is 0 Å². The van der Waals surface area contributed by atoms with Gasteiger partial charge in [0, 0.05) is 17.1 Å². The Morgan fingerprint density at radius 2 is 0.735 bits per heavy atom. The first-order valence-electron chi connectivity index (χ1n) is 11.4. The van der Waals surface area contributed by atoms with Crippen LogP contribution in [0.15, 0.2) is 127 Å². The molecule has 3 aliphatic rings. The summed E-state index contributed by atoms with van der Waals surface area (Å²) in [6, 6.07) is 25.0. The lowest BCUT2D eigenvalue weighted by atomic mass is 10.2. The molecular weight excluding hydrogens is 416 g/mol. The average molecular weight is 441 g/mol. The van der Waals surface area contributed by atoms with E-state index in [9.17, 15) is 0 Å². The van der Waals surface area contributed by atoms with Crippen LogP contribution >= 0.6 is 0 Å². The van der Waals surface area contributed by atoms with Crippen molar-refractivity contribution in [3.63, 3.8) is 0 Å². The van der Waals surface area contributed by atoms with Crippen molar-refractivity contribution in [1.29, 1.82) is 0 Å². The summed E-state index contributed by atoms with van der Waals surface area (Å²) < 4.78 is 0. The van der Waals surface area contributed by atoms with E-state index in [0.29, 0.717) is 0 Å². The van der Waals surface area contributed by atoms with Gasteiger partial charge in [-0.2, -0.15) is 0 Å². The van der Waals surface area contributed by atoms with Crippen molar-refractivity contribution >= 4 is 35.3 Å². The minimum atomic E-state index is 0.930. The molecule has 3 aromatic carbocycles. The van der Waals surface area contributed by atoms with Gasteiger partial charge in [-0.1, -0.05) is 91.1 Å². The normalized spacial score (nSPS) is 15.4. The lowest BCUT2D eigenvalue weighted by molar-refractivity contribution is 0.542. The van der Waals surface area contributed by atoms with Gasteiger partial charge in [-0.3, -0.25) is 4.90 Å². The number of nitrogens with one attached hydrogen (secondary N) is 3. The van der Waals surface area contributed by atoms with Gasteiger partial charge in [-0.05, 0) is 53.1 Å². The van der Waals surface area contributed by atoms with E-state index in [4.69, 9.17) is 0 Å². The molecule has 0 bridgehead atoms. The van der Waals surface area contributed by atoms with E-state index in [0.717, 1.165) is 51.2 Å². The third-order valence-corrected chi connectivity index (χ3v) is 5.98. The van der Waals surface area contributed by atoms with Crippen molar-refractivity contribution < 1.29 is 0 Å². The number of hydrogen-bond acceptors (Lipinski definition) is 4. The van der Waals surface area contributed by atoms with Crippen LogP contribution in [0, 0.1) is 0 Å². The van der Waals surface area contributed by atoms with Crippen LogP contribution in [0.2, 0.25) is 0 Å². The lowest BCUT2D eigenvalue weighted by Crippen LogP contribution is -2.32. The minimum Gasteiger partial charge on any atom is -0.341 e. The fourth-order valence-electron chi connectivity index (χ4n) is 4.32. The highest BCUT2D eigenvalue weighted by Gasteiger charge is 2.23. The summed E-state index contributed by atoms with van der Waals surface area (Å²) in [5, 5.41) is 11.0. The fraction of sp³-hybridized carbons (Fsp3) is 0. The van der Waals surface area contributed by atoms with Gasteiger partial charge < -0.3 is 16.0 Å². The van der Waals surface area contributed by atoms with Crippen LogP contribution < -0.4 is 16.0 Å². The topological polar surface area (TPSA) is 39.3 Å². The summed E-state index contributed by atoms with van der Waals surface area (Å²) in [5.74, 6) is 2.79. The summed E-state index contributed by atoms with van der Waals surface area (Å²) in [7, 11) is 0. The molecule has 0 saturated carbocycles. The van der Waals surface area contributed by atoms with Crippen LogP contribution in [0.3, 0.4) is 0 Å². The maximum atomic E-state index is 3.66. The number of para-hydroxylation sites is 3. The van der Waals surface area contributed by atoms with E-state index in [1.54, 1.807) is 0 Å². The summed E-state index contributed by atoms with van der Waals surface area (Å²) in [5.41, 5.74) is 6.62. The Morgan fingerprint density at radius 1 is 0.412 bits per heavy atom. The van der Waals surface area contributed by atoms with Gasteiger partial charge in [0.1, 0.15) is 17.5 Å². The largest absolute Gasteiger partial charge is 0.341 e. The van der Waals surface area contributed by atoms with E-state index in [1.165, 1.54) is 0 Å². The van der Waals surface area contributed by atoms with Gasteiger partial charge in [0.25, 0.3) is 0 Å². The molecule has 6 rings (SSSR count). The highest BCUT2D eigenvalue weighted by atomic mass is 15.4. The Labute approximate surface area is 199 Å². The Kier molecular flexibility index (Phi) is 5.09. The molecule has 0 amide bonds. The smallest absolute Gasteiger partial charge is 0.117 e. The van der Waals surface area contributed by atoms with E-state index in [2.05, 4.69) is 148 Å². The Morgan fingerprint density at radius 3 is 1.09 bits per heavy atom.